The molecule has 52 heavy (non-hydrogen) atoms. The quantitative estimate of drug-likeness (QED) is 0.176. The van der Waals surface area contributed by atoms with E-state index in [1.165, 1.54) is 43.8 Å². The van der Waals surface area contributed by atoms with Crippen LogP contribution in [0.15, 0.2) is 185 Å². The van der Waals surface area contributed by atoms with Gasteiger partial charge in [0.1, 0.15) is 16.7 Å². The number of fused-ring (bicyclic) bond motifs is 10. The lowest BCUT2D eigenvalue weighted by molar-refractivity contribution is 0.622. The lowest BCUT2D eigenvalue weighted by Gasteiger charge is -2.13. The Hall–Kier alpha value is -6.97. The highest BCUT2D eigenvalue weighted by Gasteiger charge is 2.19. The Morgan fingerprint density at radius 2 is 0.865 bits per heavy atom. The predicted molar refractivity (Wildman–Crippen MR) is 216 cm³/mol. The van der Waals surface area contributed by atoms with Gasteiger partial charge in [0.25, 0.3) is 0 Å². The molecule has 242 valence electrons. The van der Waals surface area contributed by atoms with Crippen molar-refractivity contribution in [3.63, 3.8) is 0 Å². The zero-order valence-electron chi connectivity index (χ0n) is 28.0. The van der Waals surface area contributed by atoms with E-state index in [4.69, 9.17) is 13.8 Å². The van der Waals surface area contributed by atoms with Crippen molar-refractivity contribution in [2.75, 3.05) is 0 Å². The van der Waals surface area contributed by atoms with Gasteiger partial charge in [0.05, 0.1) is 5.39 Å². The second-order valence-corrected chi connectivity index (χ2v) is 13.5. The van der Waals surface area contributed by atoms with Gasteiger partial charge in [0.2, 0.25) is 5.89 Å². The van der Waals surface area contributed by atoms with Crippen molar-refractivity contribution in [3.8, 4) is 44.8 Å². The summed E-state index contributed by atoms with van der Waals surface area (Å²) in [5.41, 5.74) is 11.1. The molecular formula is C49H29NO2. The summed E-state index contributed by atoms with van der Waals surface area (Å²) in [6.07, 6.45) is 0. The molecule has 0 amide bonds. The molecule has 0 saturated heterocycles. The Bertz CT molecular complexity index is 3170. The van der Waals surface area contributed by atoms with Gasteiger partial charge in [-0.05, 0) is 126 Å². The highest BCUT2D eigenvalue weighted by atomic mass is 16.4. The summed E-state index contributed by atoms with van der Waals surface area (Å²) in [6, 6.07) is 62.5. The molecule has 3 heteroatoms. The fourth-order valence-electron chi connectivity index (χ4n) is 7.88. The fraction of sp³-hybridized carbons (Fsp3) is 0. The van der Waals surface area contributed by atoms with Crippen molar-refractivity contribution in [1.82, 2.24) is 4.98 Å². The summed E-state index contributed by atoms with van der Waals surface area (Å²) in [4.78, 5) is 4.87. The standard InChI is InChI=1S/C49H29NO2/c1-3-9-30(10-4-1)37-25-38(35-19-17-32-16-15-31-11-7-8-14-40(31)41(32)28-35)27-39(26-37)36-20-18-33-21-23-44-46(42(33)29-36)47-45(51-44)24-22-43-48(47)52-49(50-43)34-12-5-2-6-13-34/h1-29H. The molecule has 0 fully saturated rings. The predicted octanol–water partition coefficient (Wildman–Crippen LogP) is 13.9. The third kappa shape index (κ3) is 4.57. The third-order valence-electron chi connectivity index (χ3n) is 10.4. The first kappa shape index (κ1) is 28.8. The Kier molecular flexibility index (Phi) is 6.25. The number of rotatable bonds is 4. The zero-order chi connectivity index (χ0) is 34.2. The second-order valence-electron chi connectivity index (χ2n) is 13.5. The molecule has 2 heterocycles. The van der Waals surface area contributed by atoms with E-state index in [2.05, 4.69) is 133 Å². The molecule has 11 rings (SSSR count). The van der Waals surface area contributed by atoms with Crippen molar-refractivity contribution in [2.45, 2.75) is 0 Å². The smallest absolute Gasteiger partial charge is 0.227 e. The first-order valence-corrected chi connectivity index (χ1v) is 17.6. The summed E-state index contributed by atoms with van der Waals surface area (Å²) in [5.74, 6) is 0.602. The van der Waals surface area contributed by atoms with Crippen LogP contribution < -0.4 is 0 Å². The van der Waals surface area contributed by atoms with Gasteiger partial charge in [-0.2, -0.15) is 0 Å². The van der Waals surface area contributed by atoms with Crippen LogP contribution in [-0.4, -0.2) is 4.98 Å². The monoisotopic (exact) mass is 663 g/mol. The van der Waals surface area contributed by atoms with E-state index >= 15 is 0 Å². The highest BCUT2D eigenvalue weighted by molar-refractivity contribution is 6.25. The molecule has 0 N–H and O–H groups in total. The van der Waals surface area contributed by atoms with E-state index in [0.717, 1.165) is 60.5 Å². The van der Waals surface area contributed by atoms with E-state index in [0.29, 0.717) is 5.89 Å². The summed E-state index contributed by atoms with van der Waals surface area (Å²) in [5, 5.41) is 9.26. The third-order valence-corrected chi connectivity index (χ3v) is 10.4. The van der Waals surface area contributed by atoms with Gasteiger partial charge in [0.15, 0.2) is 5.58 Å². The summed E-state index contributed by atoms with van der Waals surface area (Å²) >= 11 is 0. The fourth-order valence-corrected chi connectivity index (χ4v) is 7.88. The largest absolute Gasteiger partial charge is 0.456 e. The van der Waals surface area contributed by atoms with Gasteiger partial charge < -0.3 is 8.83 Å². The van der Waals surface area contributed by atoms with Gasteiger partial charge in [0, 0.05) is 10.9 Å². The zero-order valence-corrected chi connectivity index (χ0v) is 28.0. The molecule has 0 saturated carbocycles. The Morgan fingerprint density at radius 1 is 0.327 bits per heavy atom. The summed E-state index contributed by atoms with van der Waals surface area (Å²) in [6.45, 7) is 0. The van der Waals surface area contributed by atoms with Crippen LogP contribution in [0.2, 0.25) is 0 Å². The molecule has 3 nitrogen and oxygen atoms in total. The van der Waals surface area contributed by atoms with Crippen LogP contribution in [-0.2, 0) is 0 Å². The molecule has 0 aliphatic carbocycles. The minimum atomic E-state index is 0.602. The van der Waals surface area contributed by atoms with Gasteiger partial charge in [-0.15, -0.1) is 0 Å². The maximum absolute atomic E-state index is 6.51. The van der Waals surface area contributed by atoms with Gasteiger partial charge in [-0.1, -0.05) is 115 Å². The molecule has 0 aliphatic heterocycles. The first-order chi connectivity index (χ1) is 25.7. The minimum Gasteiger partial charge on any atom is -0.456 e. The molecule has 0 atom stereocenters. The number of aromatic nitrogens is 1. The van der Waals surface area contributed by atoms with E-state index in [9.17, 15) is 0 Å². The molecule has 0 aliphatic rings. The normalized spacial score (nSPS) is 11.8. The minimum absolute atomic E-state index is 0.602. The molecule has 2 aromatic heterocycles. The highest BCUT2D eigenvalue weighted by Crippen LogP contribution is 2.42. The lowest BCUT2D eigenvalue weighted by atomic mass is 9.91. The average Bonchev–Trinajstić information content (AvgIpc) is 3.83. The lowest BCUT2D eigenvalue weighted by Crippen LogP contribution is -1.87. The molecule has 0 spiro atoms. The average molecular weight is 664 g/mol. The van der Waals surface area contributed by atoms with Crippen molar-refractivity contribution < 1.29 is 8.83 Å². The Balaban J connectivity index is 1.14. The van der Waals surface area contributed by atoms with Crippen LogP contribution >= 0.6 is 0 Å². The van der Waals surface area contributed by atoms with Crippen LogP contribution in [0.4, 0.5) is 0 Å². The van der Waals surface area contributed by atoms with E-state index in [1.807, 2.05) is 42.5 Å². The SMILES string of the molecule is c1ccc(-c2cc(-c3ccc4ccc5ccccc5c4c3)cc(-c3ccc4ccc5oc6ccc7nc(-c8ccccc8)oc7c6c5c4c3)c2)cc1. The summed E-state index contributed by atoms with van der Waals surface area (Å²) in [7, 11) is 0. The maximum atomic E-state index is 6.51. The number of benzene rings is 9. The number of hydrogen-bond acceptors (Lipinski definition) is 3. The Morgan fingerprint density at radius 3 is 1.62 bits per heavy atom. The topological polar surface area (TPSA) is 39.2 Å². The number of nitrogens with zero attached hydrogens (tertiary/aromatic N) is 1. The van der Waals surface area contributed by atoms with Crippen LogP contribution in [0.25, 0.3) is 110 Å². The number of furan rings is 1. The van der Waals surface area contributed by atoms with Crippen molar-refractivity contribution >= 4 is 65.4 Å². The second kappa shape index (κ2) is 11.3. The van der Waals surface area contributed by atoms with E-state index in [-0.39, 0.29) is 0 Å². The van der Waals surface area contributed by atoms with Crippen LogP contribution in [0.5, 0.6) is 0 Å². The molecule has 0 radical (unpaired) electrons. The number of hydrogen-bond donors (Lipinski definition) is 0. The molecular weight excluding hydrogens is 635 g/mol. The van der Waals surface area contributed by atoms with Crippen LogP contribution in [0.1, 0.15) is 0 Å². The van der Waals surface area contributed by atoms with E-state index < -0.39 is 0 Å². The van der Waals surface area contributed by atoms with Crippen molar-refractivity contribution in [1.29, 1.82) is 0 Å². The molecule has 0 bridgehead atoms. The number of oxazole rings is 1. The van der Waals surface area contributed by atoms with Gasteiger partial charge >= 0.3 is 0 Å². The molecule has 11 aromatic rings. The van der Waals surface area contributed by atoms with Crippen molar-refractivity contribution in [2.24, 2.45) is 0 Å². The van der Waals surface area contributed by atoms with Crippen LogP contribution in [0.3, 0.4) is 0 Å². The van der Waals surface area contributed by atoms with Crippen LogP contribution in [0, 0.1) is 0 Å². The Labute approximate surface area is 299 Å². The molecule has 0 unspecified atom stereocenters. The van der Waals surface area contributed by atoms with E-state index in [1.54, 1.807) is 0 Å². The maximum Gasteiger partial charge on any atom is 0.227 e. The van der Waals surface area contributed by atoms with Gasteiger partial charge in [-0.3, -0.25) is 0 Å². The van der Waals surface area contributed by atoms with Crippen molar-refractivity contribution in [3.05, 3.63) is 176 Å². The van der Waals surface area contributed by atoms with Gasteiger partial charge in [-0.25, -0.2) is 4.98 Å². The first-order valence-electron chi connectivity index (χ1n) is 17.6. The summed E-state index contributed by atoms with van der Waals surface area (Å²) < 4.78 is 13.0. The molecule has 9 aromatic carbocycles.